The van der Waals surface area contributed by atoms with Crippen LogP contribution >= 0.6 is 11.3 Å². The largest absolute Gasteiger partial charge is 0.497 e. The van der Waals surface area contributed by atoms with Crippen molar-refractivity contribution >= 4 is 32.6 Å². The summed E-state index contributed by atoms with van der Waals surface area (Å²) in [5.74, 6) is 1.61. The summed E-state index contributed by atoms with van der Waals surface area (Å²) in [6.45, 7) is 4.61. The highest BCUT2D eigenvalue weighted by Crippen LogP contribution is 2.29. The van der Waals surface area contributed by atoms with E-state index in [-0.39, 0.29) is 5.91 Å². The molecule has 26 heavy (non-hydrogen) atoms. The number of nitrogens with one attached hydrogen (secondary N) is 1. The Labute approximate surface area is 157 Å². The van der Waals surface area contributed by atoms with E-state index in [0.29, 0.717) is 24.6 Å². The number of fused-ring (bicyclic) bond motifs is 1. The van der Waals surface area contributed by atoms with Crippen LogP contribution in [0.15, 0.2) is 36.4 Å². The molecule has 5 nitrogen and oxygen atoms in total. The number of carbonyl (C=O) groups is 1. The smallest absolute Gasteiger partial charge is 0.226 e. The minimum Gasteiger partial charge on any atom is -0.497 e. The summed E-state index contributed by atoms with van der Waals surface area (Å²) in [5, 5.41) is 3.47. The molecule has 2 aromatic carbocycles. The third kappa shape index (κ3) is 4.32. The van der Waals surface area contributed by atoms with Crippen LogP contribution in [0.4, 0.5) is 5.13 Å². The first-order valence-electron chi connectivity index (χ1n) is 8.50. The van der Waals surface area contributed by atoms with E-state index in [2.05, 4.69) is 23.3 Å². The van der Waals surface area contributed by atoms with Gasteiger partial charge in [0.05, 0.1) is 23.9 Å². The summed E-state index contributed by atoms with van der Waals surface area (Å²) in [7, 11) is 1.63. The molecule has 1 heterocycles. The van der Waals surface area contributed by atoms with Gasteiger partial charge in [-0.2, -0.15) is 0 Å². The van der Waals surface area contributed by atoms with Gasteiger partial charge in [0.15, 0.2) is 5.13 Å². The lowest BCUT2D eigenvalue weighted by Crippen LogP contribution is -2.12. The number of thiazole rings is 1. The molecule has 0 saturated carbocycles. The first kappa shape index (κ1) is 18.2. The summed E-state index contributed by atoms with van der Waals surface area (Å²) >= 11 is 1.44. The molecule has 0 unspecified atom stereocenters. The maximum absolute atomic E-state index is 12.1. The molecule has 0 saturated heterocycles. The van der Waals surface area contributed by atoms with Crippen LogP contribution in [0.25, 0.3) is 10.2 Å². The lowest BCUT2D eigenvalue weighted by molar-refractivity contribution is -0.116. The number of rotatable bonds is 7. The molecule has 0 radical (unpaired) electrons. The Morgan fingerprint density at radius 1 is 1.23 bits per heavy atom. The molecule has 0 atom stereocenters. The average Bonchev–Trinajstić information content (AvgIpc) is 3.03. The van der Waals surface area contributed by atoms with Gasteiger partial charge >= 0.3 is 0 Å². The van der Waals surface area contributed by atoms with E-state index in [1.165, 1.54) is 16.9 Å². The second-order valence-electron chi connectivity index (χ2n) is 6.05. The zero-order valence-corrected chi connectivity index (χ0v) is 16.0. The van der Waals surface area contributed by atoms with Crippen molar-refractivity contribution in [2.24, 2.45) is 0 Å². The van der Waals surface area contributed by atoms with Gasteiger partial charge in [0.1, 0.15) is 11.5 Å². The highest BCUT2D eigenvalue weighted by molar-refractivity contribution is 7.22. The number of hydrogen-bond acceptors (Lipinski definition) is 5. The summed E-state index contributed by atoms with van der Waals surface area (Å²) in [6.07, 6.45) is 1.04. The zero-order valence-electron chi connectivity index (χ0n) is 15.2. The van der Waals surface area contributed by atoms with Crippen molar-refractivity contribution in [2.75, 3.05) is 19.0 Å². The molecule has 0 spiro atoms. The molecule has 136 valence electrons. The molecule has 3 aromatic rings. The van der Waals surface area contributed by atoms with Crippen molar-refractivity contribution in [3.63, 3.8) is 0 Å². The highest BCUT2D eigenvalue weighted by Gasteiger charge is 2.09. The number of carbonyl (C=O) groups excluding carboxylic acids is 1. The number of benzene rings is 2. The van der Waals surface area contributed by atoms with Gasteiger partial charge in [0, 0.05) is 6.42 Å². The average molecular weight is 370 g/mol. The summed E-state index contributed by atoms with van der Waals surface area (Å²) in [4.78, 5) is 16.5. The van der Waals surface area contributed by atoms with Gasteiger partial charge in [0.25, 0.3) is 0 Å². The highest BCUT2D eigenvalue weighted by atomic mass is 32.1. The first-order chi connectivity index (χ1) is 12.6. The second-order valence-corrected chi connectivity index (χ2v) is 7.08. The number of ether oxygens (including phenoxy) is 2. The topological polar surface area (TPSA) is 60.5 Å². The lowest BCUT2D eigenvalue weighted by atomic mass is 10.1. The third-order valence-electron chi connectivity index (χ3n) is 4.20. The van der Waals surface area contributed by atoms with Crippen LogP contribution in [0.2, 0.25) is 0 Å². The van der Waals surface area contributed by atoms with Crippen molar-refractivity contribution in [2.45, 2.75) is 26.7 Å². The van der Waals surface area contributed by atoms with E-state index in [0.717, 1.165) is 27.3 Å². The number of hydrogen-bond donors (Lipinski definition) is 1. The molecule has 0 bridgehead atoms. The number of aromatic nitrogens is 1. The van der Waals surface area contributed by atoms with Gasteiger partial charge in [-0.05, 0) is 55.7 Å². The number of aryl methyl sites for hydroxylation is 1. The first-order valence-corrected chi connectivity index (χ1v) is 9.32. The lowest BCUT2D eigenvalue weighted by Gasteiger charge is -2.10. The monoisotopic (exact) mass is 370 g/mol. The minimum absolute atomic E-state index is 0.0550. The Hall–Kier alpha value is -2.60. The molecular weight excluding hydrogens is 348 g/mol. The molecule has 0 aliphatic carbocycles. The SMILES string of the molecule is COc1ccc2nc(NC(=O)CCCOc3cccc(C)c3C)sc2c1. The quantitative estimate of drug-likeness (QED) is 0.611. The molecule has 6 heteroatoms. The van der Waals surface area contributed by atoms with E-state index < -0.39 is 0 Å². The normalized spacial score (nSPS) is 10.7. The Balaban J connectivity index is 1.49. The van der Waals surface area contributed by atoms with Crippen LogP contribution in [0, 0.1) is 13.8 Å². The molecule has 3 rings (SSSR count). The van der Waals surface area contributed by atoms with Crippen LogP contribution in [-0.4, -0.2) is 24.6 Å². The Bertz CT molecular complexity index is 921. The van der Waals surface area contributed by atoms with Gasteiger partial charge in [-0.25, -0.2) is 4.98 Å². The molecule has 0 aliphatic rings. The fourth-order valence-corrected chi connectivity index (χ4v) is 3.47. The fourth-order valence-electron chi connectivity index (χ4n) is 2.56. The summed E-state index contributed by atoms with van der Waals surface area (Å²) < 4.78 is 12.0. The van der Waals surface area contributed by atoms with Crippen LogP contribution in [-0.2, 0) is 4.79 Å². The number of methoxy groups -OCH3 is 1. The van der Waals surface area contributed by atoms with Crippen LogP contribution in [0.3, 0.4) is 0 Å². The van der Waals surface area contributed by atoms with Crippen LogP contribution < -0.4 is 14.8 Å². The maximum Gasteiger partial charge on any atom is 0.226 e. The number of nitrogens with zero attached hydrogens (tertiary/aromatic N) is 1. The fraction of sp³-hybridized carbons (Fsp3) is 0.300. The van der Waals surface area contributed by atoms with E-state index in [9.17, 15) is 4.79 Å². The van der Waals surface area contributed by atoms with Crippen molar-refractivity contribution in [1.82, 2.24) is 4.98 Å². The van der Waals surface area contributed by atoms with E-state index in [4.69, 9.17) is 9.47 Å². The third-order valence-corrected chi connectivity index (χ3v) is 5.14. The number of amides is 1. The van der Waals surface area contributed by atoms with E-state index >= 15 is 0 Å². The Morgan fingerprint density at radius 2 is 2.08 bits per heavy atom. The van der Waals surface area contributed by atoms with Gasteiger partial charge < -0.3 is 14.8 Å². The Kier molecular flexibility index (Phi) is 5.73. The van der Waals surface area contributed by atoms with Crippen LogP contribution in [0.5, 0.6) is 11.5 Å². The van der Waals surface area contributed by atoms with Crippen molar-refractivity contribution in [3.8, 4) is 11.5 Å². The molecule has 0 fully saturated rings. The molecular formula is C20H22N2O3S. The predicted octanol–water partition coefficient (Wildman–Crippen LogP) is 4.72. The van der Waals surface area contributed by atoms with Gasteiger partial charge in [-0.3, -0.25) is 4.79 Å². The van der Waals surface area contributed by atoms with Crippen molar-refractivity contribution in [1.29, 1.82) is 0 Å². The number of anilines is 1. The maximum atomic E-state index is 12.1. The summed E-state index contributed by atoms with van der Waals surface area (Å²) in [5.41, 5.74) is 3.19. The van der Waals surface area contributed by atoms with Gasteiger partial charge in [0.2, 0.25) is 5.91 Å². The van der Waals surface area contributed by atoms with E-state index in [1.54, 1.807) is 7.11 Å². The predicted molar refractivity (Wildman–Crippen MR) is 105 cm³/mol. The van der Waals surface area contributed by atoms with Gasteiger partial charge in [-0.15, -0.1) is 0 Å². The van der Waals surface area contributed by atoms with Gasteiger partial charge in [-0.1, -0.05) is 23.5 Å². The Morgan fingerprint density at radius 3 is 2.88 bits per heavy atom. The minimum atomic E-state index is -0.0550. The second kappa shape index (κ2) is 8.19. The molecule has 1 N–H and O–H groups in total. The standard InChI is InChI=1S/C20H22N2O3S/c1-13-6-4-7-17(14(13)2)25-11-5-8-19(23)22-20-21-16-10-9-15(24-3)12-18(16)26-20/h4,6-7,9-10,12H,5,8,11H2,1-3H3,(H,21,22,23). The molecule has 0 aliphatic heterocycles. The van der Waals surface area contributed by atoms with Crippen molar-refractivity contribution < 1.29 is 14.3 Å². The zero-order chi connectivity index (χ0) is 18.5. The van der Waals surface area contributed by atoms with Crippen molar-refractivity contribution in [3.05, 3.63) is 47.5 Å². The molecule has 1 amide bonds. The molecule has 1 aromatic heterocycles. The van der Waals surface area contributed by atoms with Crippen LogP contribution in [0.1, 0.15) is 24.0 Å². The van der Waals surface area contributed by atoms with E-state index in [1.807, 2.05) is 37.3 Å². The summed E-state index contributed by atoms with van der Waals surface area (Å²) in [6, 6.07) is 11.7.